The molecular formula is C25H53FeNSn+2. The predicted molar refractivity (Wildman–Crippen MR) is 128 cm³/mol. The zero-order chi connectivity index (χ0) is 20.2. The summed E-state index contributed by atoms with van der Waals surface area (Å²) in [5.74, 6) is 0.889. The Kier molecular flexibility index (Phi) is 27.6. The second-order valence-corrected chi connectivity index (χ2v) is 17.6. The van der Waals surface area contributed by atoms with Gasteiger partial charge in [0.1, 0.15) is 0 Å². The molecule has 0 saturated heterocycles. The molecule has 3 heteroatoms. The fraction of sp³-hybridized carbons (Fsp3) is 0.960. The van der Waals surface area contributed by atoms with Gasteiger partial charge in [0.15, 0.2) is 0 Å². The molecule has 0 N–H and O–H groups in total. The van der Waals surface area contributed by atoms with E-state index in [9.17, 15) is 0 Å². The quantitative estimate of drug-likeness (QED) is 0.187. The van der Waals surface area contributed by atoms with E-state index in [4.69, 9.17) is 0 Å². The maximum absolute atomic E-state index is 2.46. The normalized spacial score (nSPS) is 18.0. The summed E-state index contributed by atoms with van der Waals surface area (Å²) >= 11 is -0.839. The third-order valence-electron chi connectivity index (χ3n) is 5.78. The zero-order valence-corrected chi connectivity index (χ0v) is 24.1. The van der Waals surface area contributed by atoms with Crippen molar-refractivity contribution in [2.45, 2.75) is 124 Å². The minimum atomic E-state index is -0.839. The van der Waals surface area contributed by atoms with Crippen molar-refractivity contribution in [1.82, 2.24) is 4.90 Å². The van der Waals surface area contributed by atoms with Gasteiger partial charge in [-0.25, -0.2) is 0 Å². The molecule has 1 atom stereocenters. The Morgan fingerprint density at radius 1 is 0.750 bits per heavy atom. The van der Waals surface area contributed by atoms with Crippen LogP contribution >= 0.6 is 0 Å². The fourth-order valence-corrected chi connectivity index (χ4v) is 13.5. The molecule has 2 aliphatic rings. The van der Waals surface area contributed by atoms with Crippen molar-refractivity contribution < 1.29 is 17.1 Å². The van der Waals surface area contributed by atoms with Crippen LogP contribution in [0.3, 0.4) is 0 Å². The smallest absolute Gasteiger partial charge is 0.324 e. The van der Waals surface area contributed by atoms with Crippen LogP contribution < -0.4 is 0 Å². The van der Waals surface area contributed by atoms with Gasteiger partial charge in [0.05, 0.1) is 0 Å². The molecule has 0 aromatic carbocycles. The average molecular weight is 542 g/mol. The van der Waals surface area contributed by atoms with Crippen molar-refractivity contribution >= 4 is 19.8 Å². The van der Waals surface area contributed by atoms with Crippen LogP contribution in [0.5, 0.6) is 0 Å². The molecule has 0 aliphatic heterocycles. The van der Waals surface area contributed by atoms with E-state index in [1.54, 1.807) is 13.3 Å². The number of nitrogens with zero attached hydrogens (tertiary/aromatic N) is 1. The summed E-state index contributed by atoms with van der Waals surface area (Å²) in [4.78, 5) is 2.27. The monoisotopic (exact) mass is 543 g/mol. The molecule has 1 nitrogen and oxygen atoms in total. The topological polar surface area (TPSA) is 3.24 Å². The Labute approximate surface area is 197 Å². The third kappa shape index (κ3) is 22.0. The summed E-state index contributed by atoms with van der Waals surface area (Å²) in [5, 5.41) is 0. The van der Waals surface area contributed by atoms with Gasteiger partial charge in [-0.15, -0.1) is 0 Å². The predicted octanol–water partition coefficient (Wildman–Crippen LogP) is 8.38. The molecule has 28 heavy (non-hydrogen) atoms. The molecule has 2 rings (SSSR count). The van der Waals surface area contributed by atoms with E-state index in [0.29, 0.717) is 0 Å². The van der Waals surface area contributed by atoms with E-state index in [2.05, 4.69) is 46.2 Å². The summed E-state index contributed by atoms with van der Waals surface area (Å²) in [7, 11) is 4.29. The van der Waals surface area contributed by atoms with Gasteiger partial charge in [-0.3, -0.25) is 0 Å². The Morgan fingerprint density at radius 3 is 1.46 bits per heavy atom. The number of hydrogen-bond donors (Lipinski definition) is 0. The molecule has 1 unspecified atom stereocenters. The van der Waals surface area contributed by atoms with Gasteiger partial charge in [-0.1, -0.05) is 44.9 Å². The van der Waals surface area contributed by atoms with Crippen LogP contribution in [0, 0.1) is 12.3 Å². The van der Waals surface area contributed by atoms with E-state index in [0.717, 1.165) is 5.92 Å². The van der Waals surface area contributed by atoms with Crippen molar-refractivity contribution in [3.63, 3.8) is 0 Å². The molecule has 0 heterocycles. The number of unbranched alkanes of at least 4 members (excludes halogenated alkanes) is 3. The van der Waals surface area contributed by atoms with Gasteiger partial charge in [0.25, 0.3) is 0 Å². The van der Waals surface area contributed by atoms with Crippen LogP contribution in [0.2, 0.25) is 13.3 Å². The maximum Gasteiger partial charge on any atom is 2.00 e. The Bertz CT molecular complexity index is 249. The zero-order valence-electron chi connectivity index (χ0n) is 20.2. The van der Waals surface area contributed by atoms with Crippen LogP contribution in [0.1, 0.15) is 111 Å². The van der Waals surface area contributed by atoms with Crippen LogP contribution in [-0.4, -0.2) is 45.3 Å². The molecule has 2 fully saturated rings. The van der Waals surface area contributed by atoms with Crippen molar-refractivity contribution in [1.29, 1.82) is 0 Å². The first-order valence-corrected chi connectivity index (χ1v) is 18.5. The van der Waals surface area contributed by atoms with Crippen molar-refractivity contribution in [2.75, 3.05) is 20.6 Å². The first-order chi connectivity index (χ1) is 13.1. The summed E-state index contributed by atoms with van der Waals surface area (Å²) in [6.45, 7) is 8.25. The average Bonchev–Trinajstić information content (AvgIpc) is 3.38. The van der Waals surface area contributed by atoms with E-state index in [1.807, 2.05) is 0 Å². The molecular weight excluding hydrogens is 489 g/mol. The largest absolute Gasteiger partial charge is 2.00 e. The van der Waals surface area contributed by atoms with Crippen molar-refractivity contribution in [3.05, 3.63) is 6.42 Å². The molecule has 2 saturated carbocycles. The summed E-state index contributed by atoms with van der Waals surface area (Å²) in [6.07, 6.45) is 23.0. The van der Waals surface area contributed by atoms with Gasteiger partial charge in [0.2, 0.25) is 0 Å². The van der Waals surface area contributed by atoms with Crippen molar-refractivity contribution in [2.24, 2.45) is 5.92 Å². The van der Waals surface area contributed by atoms with Gasteiger partial charge in [-0.05, 0) is 20.6 Å². The van der Waals surface area contributed by atoms with Gasteiger partial charge in [0, 0.05) is 0 Å². The van der Waals surface area contributed by atoms with Crippen LogP contribution in [0.25, 0.3) is 0 Å². The molecule has 0 aromatic rings. The maximum atomic E-state index is 2.46. The molecule has 0 bridgehead atoms. The summed E-state index contributed by atoms with van der Waals surface area (Å²) in [5.41, 5.74) is 0. The Hall–Kier alpha value is 1.28. The summed E-state index contributed by atoms with van der Waals surface area (Å²) in [6, 6.07) is 0. The standard InChI is InChI=1S/C8H16N.C5H10.3C4H9.Fe.Sn/c1-9(2)7-8-5-3-4-6-8;1-2-4-5-3-1;3*1-3-4-2;;/h5,8H,3-4,6-7H2,1-2H3;1-5H2;3*1,3-4H2,2H3;;/q-1;;;;;+2;+1. The molecule has 0 aromatic heterocycles. The van der Waals surface area contributed by atoms with Crippen LogP contribution in [0.15, 0.2) is 0 Å². The van der Waals surface area contributed by atoms with Gasteiger partial charge >= 0.3 is 109 Å². The minimum Gasteiger partial charge on any atom is -0.324 e. The number of rotatable bonds is 11. The first-order valence-electron chi connectivity index (χ1n) is 12.5. The van der Waals surface area contributed by atoms with Gasteiger partial charge < -0.3 is 11.3 Å². The fourth-order valence-electron chi connectivity index (χ4n) is 4.03. The second-order valence-electron chi connectivity index (χ2n) is 9.02. The SMILES string of the molecule is C1CCCC1.CCC[CH2][Sn+]([CH2]CCC)[CH2]CCC.CN(C)CC1[CH-]CCC1.[Fe+2]. The van der Waals surface area contributed by atoms with E-state index in [1.165, 1.54) is 96.4 Å². The molecule has 0 amide bonds. The summed E-state index contributed by atoms with van der Waals surface area (Å²) < 4.78 is 5.04. The molecule has 168 valence electrons. The van der Waals surface area contributed by atoms with Crippen LogP contribution in [0.4, 0.5) is 0 Å². The third-order valence-corrected chi connectivity index (χ3v) is 14.9. The van der Waals surface area contributed by atoms with Crippen LogP contribution in [-0.2, 0) is 17.1 Å². The first kappa shape index (κ1) is 31.5. The van der Waals surface area contributed by atoms with Crippen molar-refractivity contribution in [3.8, 4) is 0 Å². The van der Waals surface area contributed by atoms with Gasteiger partial charge in [-0.2, -0.15) is 12.3 Å². The molecule has 0 radical (unpaired) electrons. The Balaban J connectivity index is 0. The van der Waals surface area contributed by atoms with E-state index >= 15 is 0 Å². The van der Waals surface area contributed by atoms with E-state index < -0.39 is 19.8 Å². The molecule has 2 aliphatic carbocycles. The van der Waals surface area contributed by atoms with E-state index in [-0.39, 0.29) is 17.1 Å². The minimum absolute atomic E-state index is 0. The Morgan fingerprint density at radius 2 is 1.18 bits per heavy atom. The second kappa shape index (κ2) is 24.5. The molecule has 0 spiro atoms. The number of hydrogen-bond acceptors (Lipinski definition) is 1.